The number of aromatic nitrogens is 2. The van der Waals surface area contributed by atoms with Gasteiger partial charge >= 0.3 is 0 Å². The highest BCUT2D eigenvalue weighted by molar-refractivity contribution is 8.00. The lowest BCUT2D eigenvalue weighted by molar-refractivity contribution is 0.0974. The van der Waals surface area contributed by atoms with Crippen molar-refractivity contribution in [2.75, 3.05) is 11.5 Å². The van der Waals surface area contributed by atoms with E-state index in [9.17, 15) is 13.2 Å². The molecule has 1 amide bonds. The summed E-state index contributed by atoms with van der Waals surface area (Å²) in [5.74, 6) is -0.559. The maximum absolute atomic E-state index is 13.0. The molecule has 1 heterocycles. The number of para-hydroxylation sites is 1. The third kappa shape index (κ3) is 5.46. The average molecular weight is 464 g/mol. The molecule has 4 aromatic rings. The number of thioether (sulfide) groups is 1. The number of sulfonamides is 1. The van der Waals surface area contributed by atoms with Gasteiger partial charge in [-0.1, -0.05) is 66.7 Å². The molecule has 0 saturated carbocycles. The molecular weight excluding hydrogens is 442 g/mol. The minimum Gasteiger partial charge on any atom is -0.266 e. The summed E-state index contributed by atoms with van der Waals surface area (Å²) in [5.41, 5.74) is 2.22. The first-order valence-electron chi connectivity index (χ1n) is 9.95. The van der Waals surface area contributed by atoms with E-state index in [2.05, 4.69) is 9.82 Å². The Morgan fingerprint density at radius 3 is 2.12 bits per heavy atom. The molecule has 4 rings (SSSR count). The van der Waals surface area contributed by atoms with Crippen LogP contribution in [-0.2, 0) is 10.0 Å². The van der Waals surface area contributed by atoms with Crippen LogP contribution in [-0.4, -0.2) is 35.6 Å². The van der Waals surface area contributed by atoms with Crippen molar-refractivity contribution in [3.63, 3.8) is 0 Å². The van der Waals surface area contributed by atoms with Crippen LogP contribution in [0.15, 0.2) is 102 Å². The fourth-order valence-electron chi connectivity index (χ4n) is 3.09. The van der Waals surface area contributed by atoms with Gasteiger partial charge in [0.05, 0.1) is 17.1 Å². The van der Waals surface area contributed by atoms with Gasteiger partial charge in [-0.2, -0.15) is 5.10 Å². The van der Waals surface area contributed by atoms with E-state index in [1.54, 1.807) is 6.07 Å². The SMILES string of the molecule is O=C(NS(=O)(=O)CCSc1ccccc1)c1cc(-c2ccccc2)nn1-c1ccccc1. The predicted octanol–water partition coefficient (Wildman–Crippen LogP) is 4.39. The molecule has 0 aliphatic heterocycles. The van der Waals surface area contributed by atoms with E-state index in [4.69, 9.17) is 0 Å². The molecule has 0 saturated heterocycles. The molecule has 0 unspecified atom stereocenters. The smallest absolute Gasteiger partial charge is 0.266 e. The van der Waals surface area contributed by atoms with E-state index in [0.29, 0.717) is 17.1 Å². The molecule has 162 valence electrons. The standard InChI is InChI=1S/C24H21N3O3S2/c28-24(26-32(29,30)17-16-31-21-14-8-3-9-15-21)23-18-22(19-10-4-1-5-11-19)25-27(23)20-12-6-2-7-13-20/h1-15,18H,16-17H2,(H,26,28). The Labute approximate surface area is 191 Å². The van der Waals surface area contributed by atoms with Crippen LogP contribution in [0.2, 0.25) is 0 Å². The fourth-order valence-corrected chi connectivity index (χ4v) is 5.37. The molecule has 0 atom stereocenters. The van der Waals surface area contributed by atoms with Gasteiger partial charge in [-0.15, -0.1) is 11.8 Å². The molecular formula is C24H21N3O3S2. The third-order valence-corrected chi connectivity index (χ3v) is 7.13. The van der Waals surface area contributed by atoms with Gasteiger partial charge in [0.1, 0.15) is 5.69 Å². The molecule has 0 radical (unpaired) electrons. The fraction of sp³-hybridized carbons (Fsp3) is 0.0833. The Balaban J connectivity index is 1.55. The van der Waals surface area contributed by atoms with Gasteiger partial charge in [0.25, 0.3) is 5.91 Å². The molecule has 6 nitrogen and oxygen atoms in total. The number of nitrogens with one attached hydrogen (secondary N) is 1. The van der Waals surface area contributed by atoms with Crippen LogP contribution >= 0.6 is 11.8 Å². The summed E-state index contributed by atoms with van der Waals surface area (Å²) in [7, 11) is -3.81. The number of carbonyl (C=O) groups is 1. The van der Waals surface area contributed by atoms with Gasteiger partial charge in [-0.3, -0.25) is 4.79 Å². The molecule has 1 N–H and O–H groups in total. The van der Waals surface area contributed by atoms with Crippen LogP contribution in [0.1, 0.15) is 10.5 Å². The van der Waals surface area contributed by atoms with E-state index in [1.165, 1.54) is 16.4 Å². The summed E-state index contributed by atoms with van der Waals surface area (Å²) >= 11 is 1.42. The minimum atomic E-state index is -3.81. The summed E-state index contributed by atoms with van der Waals surface area (Å²) in [6.07, 6.45) is 0. The van der Waals surface area contributed by atoms with Crippen LogP contribution in [0.3, 0.4) is 0 Å². The van der Waals surface area contributed by atoms with Gasteiger partial charge < -0.3 is 0 Å². The number of amides is 1. The van der Waals surface area contributed by atoms with Crippen LogP contribution in [0.25, 0.3) is 16.9 Å². The minimum absolute atomic E-state index is 0.148. The van der Waals surface area contributed by atoms with Crippen molar-refractivity contribution >= 4 is 27.7 Å². The van der Waals surface area contributed by atoms with Crippen LogP contribution in [0, 0.1) is 0 Å². The molecule has 0 bridgehead atoms. The topological polar surface area (TPSA) is 81.1 Å². The van der Waals surface area contributed by atoms with Gasteiger partial charge in [0.15, 0.2) is 0 Å². The Bertz CT molecular complexity index is 1290. The van der Waals surface area contributed by atoms with Crippen molar-refractivity contribution < 1.29 is 13.2 Å². The number of benzene rings is 3. The molecule has 0 aliphatic rings. The third-order valence-electron chi connectivity index (χ3n) is 4.62. The first kappa shape index (κ1) is 21.9. The lowest BCUT2D eigenvalue weighted by Gasteiger charge is -2.09. The van der Waals surface area contributed by atoms with Crippen molar-refractivity contribution in [3.05, 3.63) is 103 Å². The zero-order valence-electron chi connectivity index (χ0n) is 17.1. The van der Waals surface area contributed by atoms with Gasteiger partial charge in [-0.25, -0.2) is 17.8 Å². The zero-order chi connectivity index (χ0) is 22.4. The molecule has 0 spiro atoms. The second-order valence-corrected chi connectivity index (χ2v) is 9.95. The van der Waals surface area contributed by atoms with Gasteiger partial charge in [0.2, 0.25) is 10.0 Å². The molecule has 3 aromatic carbocycles. The number of hydrogen-bond acceptors (Lipinski definition) is 5. The monoisotopic (exact) mass is 463 g/mol. The van der Waals surface area contributed by atoms with E-state index < -0.39 is 15.9 Å². The first-order valence-corrected chi connectivity index (χ1v) is 12.6. The van der Waals surface area contributed by atoms with Gasteiger partial charge in [0, 0.05) is 16.2 Å². The number of carbonyl (C=O) groups excluding carboxylic acids is 1. The predicted molar refractivity (Wildman–Crippen MR) is 127 cm³/mol. The molecule has 0 fully saturated rings. The maximum Gasteiger partial charge on any atom is 0.283 e. The highest BCUT2D eigenvalue weighted by Gasteiger charge is 2.22. The summed E-state index contributed by atoms with van der Waals surface area (Å²) in [5, 5.41) is 4.56. The Morgan fingerprint density at radius 2 is 1.47 bits per heavy atom. The van der Waals surface area contributed by atoms with E-state index in [1.807, 2.05) is 91.0 Å². The second-order valence-electron chi connectivity index (χ2n) is 6.94. The Kier molecular flexibility index (Phi) is 6.72. The molecule has 32 heavy (non-hydrogen) atoms. The summed E-state index contributed by atoms with van der Waals surface area (Å²) in [4.78, 5) is 13.9. The Hall–Kier alpha value is -3.36. The van der Waals surface area contributed by atoms with Crippen molar-refractivity contribution in [2.24, 2.45) is 0 Å². The van der Waals surface area contributed by atoms with E-state index in [-0.39, 0.29) is 11.4 Å². The quantitative estimate of drug-likeness (QED) is 0.392. The largest absolute Gasteiger partial charge is 0.283 e. The molecule has 0 aliphatic carbocycles. The first-order chi connectivity index (χ1) is 15.5. The number of hydrogen-bond donors (Lipinski definition) is 1. The second kappa shape index (κ2) is 9.84. The van der Waals surface area contributed by atoms with Crippen LogP contribution in [0.5, 0.6) is 0 Å². The molecule has 8 heteroatoms. The summed E-state index contributed by atoms with van der Waals surface area (Å²) in [6, 6.07) is 29.7. The van der Waals surface area contributed by atoms with Crippen molar-refractivity contribution in [1.29, 1.82) is 0 Å². The number of rotatable bonds is 8. The lowest BCUT2D eigenvalue weighted by Crippen LogP contribution is -2.34. The lowest BCUT2D eigenvalue weighted by atomic mass is 10.1. The maximum atomic E-state index is 13.0. The van der Waals surface area contributed by atoms with Crippen molar-refractivity contribution in [2.45, 2.75) is 4.90 Å². The average Bonchev–Trinajstić information content (AvgIpc) is 3.26. The summed E-state index contributed by atoms with van der Waals surface area (Å²) in [6.45, 7) is 0. The van der Waals surface area contributed by atoms with Crippen molar-refractivity contribution in [1.82, 2.24) is 14.5 Å². The zero-order valence-corrected chi connectivity index (χ0v) is 18.7. The number of nitrogens with zero attached hydrogens (tertiary/aromatic N) is 2. The van der Waals surface area contributed by atoms with Crippen molar-refractivity contribution in [3.8, 4) is 16.9 Å². The highest BCUT2D eigenvalue weighted by Crippen LogP contribution is 2.22. The van der Waals surface area contributed by atoms with E-state index >= 15 is 0 Å². The van der Waals surface area contributed by atoms with Crippen LogP contribution in [0.4, 0.5) is 0 Å². The van der Waals surface area contributed by atoms with Crippen LogP contribution < -0.4 is 4.72 Å². The normalized spacial score (nSPS) is 11.2. The Morgan fingerprint density at radius 1 is 0.875 bits per heavy atom. The summed E-state index contributed by atoms with van der Waals surface area (Å²) < 4.78 is 28.8. The highest BCUT2D eigenvalue weighted by atomic mass is 32.2. The van der Waals surface area contributed by atoms with Gasteiger partial charge in [-0.05, 0) is 30.3 Å². The van der Waals surface area contributed by atoms with E-state index in [0.717, 1.165) is 10.5 Å². The molecule has 1 aromatic heterocycles.